The molecule has 0 fully saturated rings. The molecule has 0 saturated carbocycles. The first-order chi connectivity index (χ1) is 10.3. The third-order valence-corrected chi connectivity index (χ3v) is 3.84. The minimum absolute atomic E-state index is 0.0402. The summed E-state index contributed by atoms with van der Waals surface area (Å²) in [6, 6.07) is 7.71. The third-order valence-electron chi connectivity index (χ3n) is 3.84. The van der Waals surface area contributed by atoms with Crippen LogP contribution in [0.5, 0.6) is 11.5 Å². The van der Waals surface area contributed by atoms with Gasteiger partial charge in [-0.25, -0.2) is 0 Å². The summed E-state index contributed by atoms with van der Waals surface area (Å²) in [7, 11) is 3.18. The van der Waals surface area contributed by atoms with Crippen LogP contribution in [0.4, 0.5) is 0 Å². The van der Waals surface area contributed by atoms with E-state index in [9.17, 15) is 10.1 Å². The predicted octanol–water partition coefficient (Wildman–Crippen LogP) is 2.69. The number of ether oxygens (including phenoxy) is 2. The Kier molecular flexibility index (Phi) is 6.24. The van der Waals surface area contributed by atoms with E-state index in [-0.39, 0.29) is 11.8 Å². The first-order valence-corrected chi connectivity index (χ1v) is 7.29. The molecule has 0 aliphatic heterocycles. The van der Waals surface area contributed by atoms with Crippen LogP contribution in [0.15, 0.2) is 18.2 Å². The Balaban J connectivity index is 2.70. The molecule has 0 radical (unpaired) electrons. The highest BCUT2D eigenvalue weighted by Gasteiger charge is 2.29. The van der Waals surface area contributed by atoms with Crippen molar-refractivity contribution in [3.63, 3.8) is 0 Å². The Labute approximate surface area is 132 Å². The number of carbonyl (C=O) groups excluding carboxylic acids is 1. The molecule has 1 amide bonds. The van der Waals surface area contributed by atoms with Gasteiger partial charge in [0, 0.05) is 12.5 Å². The van der Waals surface area contributed by atoms with E-state index >= 15 is 0 Å². The first-order valence-electron chi connectivity index (χ1n) is 7.29. The molecule has 120 valence electrons. The zero-order chi connectivity index (χ0) is 16.8. The molecule has 1 rings (SSSR count). The zero-order valence-corrected chi connectivity index (χ0v) is 13.9. The largest absolute Gasteiger partial charge is 0.497 e. The molecule has 1 aromatic carbocycles. The van der Waals surface area contributed by atoms with E-state index in [0.29, 0.717) is 24.3 Å². The van der Waals surface area contributed by atoms with Crippen molar-refractivity contribution in [1.29, 1.82) is 5.26 Å². The van der Waals surface area contributed by atoms with Gasteiger partial charge in [-0.1, -0.05) is 13.8 Å². The number of nitrogens with zero attached hydrogens (tertiary/aromatic N) is 1. The number of hydrogen-bond acceptors (Lipinski definition) is 4. The van der Waals surface area contributed by atoms with Crippen molar-refractivity contribution in [2.45, 2.75) is 39.2 Å². The van der Waals surface area contributed by atoms with Gasteiger partial charge >= 0.3 is 0 Å². The van der Waals surface area contributed by atoms with Crippen LogP contribution >= 0.6 is 0 Å². The number of aryl methyl sites for hydroxylation is 1. The summed E-state index contributed by atoms with van der Waals surface area (Å²) in [5.41, 5.74) is 0.109. The van der Waals surface area contributed by atoms with Gasteiger partial charge in [-0.15, -0.1) is 0 Å². The molecule has 1 atom stereocenters. The fraction of sp³-hybridized carbons (Fsp3) is 0.529. The van der Waals surface area contributed by atoms with Gasteiger partial charge in [0.15, 0.2) is 0 Å². The maximum Gasteiger partial charge on any atom is 0.221 e. The van der Waals surface area contributed by atoms with Gasteiger partial charge in [0.05, 0.1) is 20.3 Å². The minimum Gasteiger partial charge on any atom is -0.497 e. The molecule has 5 heteroatoms. The van der Waals surface area contributed by atoms with Gasteiger partial charge in [0.25, 0.3) is 0 Å². The SMILES string of the molecule is COc1cc(CCC(=O)N[C@@](C)(C#N)C(C)C)cc(OC)c1. The number of carbonyl (C=O) groups is 1. The van der Waals surface area contributed by atoms with Crippen LogP contribution in [-0.4, -0.2) is 25.7 Å². The standard InChI is InChI=1S/C17H24N2O3/c1-12(2)17(3,11-18)19-16(20)7-6-13-8-14(21-4)10-15(9-13)22-5/h8-10,12H,6-7H2,1-5H3,(H,19,20)/t17-/m0/s1. The molecule has 0 spiro atoms. The molecule has 0 aliphatic carbocycles. The van der Waals surface area contributed by atoms with Gasteiger partial charge in [-0.3, -0.25) is 4.79 Å². The van der Waals surface area contributed by atoms with E-state index in [2.05, 4.69) is 11.4 Å². The van der Waals surface area contributed by atoms with Gasteiger partial charge in [0.1, 0.15) is 17.0 Å². The Hall–Kier alpha value is -2.22. The summed E-state index contributed by atoms with van der Waals surface area (Å²) in [5.74, 6) is 1.29. The molecule has 1 aromatic rings. The summed E-state index contributed by atoms with van der Waals surface area (Å²) in [6.45, 7) is 5.57. The highest BCUT2D eigenvalue weighted by Crippen LogP contribution is 2.23. The highest BCUT2D eigenvalue weighted by molar-refractivity contribution is 5.77. The van der Waals surface area contributed by atoms with Crippen LogP contribution in [-0.2, 0) is 11.2 Å². The Morgan fingerprint density at radius 3 is 2.23 bits per heavy atom. The molecule has 1 N–H and O–H groups in total. The monoisotopic (exact) mass is 304 g/mol. The molecule has 0 aliphatic rings. The maximum atomic E-state index is 12.1. The Morgan fingerprint density at radius 1 is 1.27 bits per heavy atom. The van der Waals surface area contributed by atoms with Crippen LogP contribution in [0.1, 0.15) is 32.8 Å². The van der Waals surface area contributed by atoms with Crippen LogP contribution in [0.25, 0.3) is 0 Å². The molecule has 0 saturated heterocycles. The highest BCUT2D eigenvalue weighted by atomic mass is 16.5. The van der Waals surface area contributed by atoms with Crippen molar-refractivity contribution in [2.24, 2.45) is 5.92 Å². The van der Waals surface area contributed by atoms with E-state index in [1.807, 2.05) is 26.0 Å². The second-order valence-corrected chi connectivity index (χ2v) is 5.74. The zero-order valence-electron chi connectivity index (χ0n) is 13.9. The van der Waals surface area contributed by atoms with Crippen molar-refractivity contribution in [2.75, 3.05) is 14.2 Å². The maximum absolute atomic E-state index is 12.1. The van der Waals surface area contributed by atoms with E-state index in [1.54, 1.807) is 27.2 Å². The molecular formula is C17H24N2O3. The molecule has 0 unspecified atom stereocenters. The Morgan fingerprint density at radius 2 is 1.82 bits per heavy atom. The number of hydrogen-bond donors (Lipinski definition) is 1. The normalized spacial score (nSPS) is 13.1. The van der Waals surface area contributed by atoms with Crippen molar-refractivity contribution >= 4 is 5.91 Å². The number of amides is 1. The van der Waals surface area contributed by atoms with Gasteiger partial charge < -0.3 is 14.8 Å². The number of nitrogens with one attached hydrogen (secondary N) is 1. The number of benzene rings is 1. The lowest BCUT2D eigenvalue weighted by molar-refractivity contribution is -0.122. The molecule has 5 nitrogen and oxygen atoms in total. The van der Waals surface area contributed by atoms with Crippen molar-refractivity contribution in [1.82, 2.24) is 5.32 Å². The van der Waals surface area contributed by atoms with Crippen molar-refractivity contribution in [3.05, 3.63) is 23.8 Å². The van der Waals surface area contributed by atoms with Crippen LogP contribution in [0.2, 0.25) is 0 Å². The summed E-state index contributed by atoms with van der Waals surface area (Å²) in [6.07, 6.45) is 0.860. The summed E-state index contributed by atoms with van der Waals surface area (Å²) >= 11 is 0. The second-order valence-electron chi connectivity index (χ2n) is 5.74. The molecule has 0 aromatic heterocycles. The van der Waals surface area contributed by atoms with E-state index in [1.165, 1.54) is 0 Å². The fourth-order valence-corrected chi connectivity index (χ4v) is 1.92. The summed E-state index contributed by atoms with van der Waals surface area (Å²) in [4.78, 5) is 12.1. The van der Waals surface area contributed by atoms with E-state index < -0.39 is 5.54 Å². The molecular weight excluding hydrogens is 280 g/mol. The van der Waals surface area contributed by atoms with Crippen LogP contribution in [0.3, 0.4) is 0 Å². The quantitative estimate of drug-likeness (QED) is 0.840. The van der Waals surface area contributed by atoms with E-state index in [4.69, 9.17) is 9.47 Å². The fourth-order valence-electron chi connectivity index (χ4n) is 1.92. The summed E-state index contributed by atoms with van der Waals surface area (Å²) < 4.78 is 10.4. The lowest BCUT2D eigenvalue weighted by atomic mass is 9.90. The number of rotatable bonds is 7. The van der Waals surface area contributed by atoms with Crippen molar-refractivity contribution < 1.29 is 14.3 Å². The second kappa shape index (κ2) is 7.69. The van der Waals surface area contributed by atoms with E-state index in [0.717, 1.165) is 5.56 Å². The molecule has 0 heterocycles. The van der Waals surface area contributed by atoms with Crippen molar-refractivity contribution in [3.8, 4) is 17.6 Å². The van der Waals surface area contributed by atoms with Crippen LogP contribution in [0, 0.1) is 17.2 Å². The smallest absolute Gasteiger partial charge is 0.221 e. The first kappa shape index (κ1) is 17.8. The topological polar surface area (TPSA) is 71.3 Å². The average molecular weight is 304 g/mol. The van der Waals surface area contributed by atoms with Gasteiger partial charge in [-0.05, 0) is 37.0 Å². The minimum atomic E-state index is -0.844. The Bertz CT molecular complexity index is 541. The lowest BCUT2D eigenvalue weighted by Gasteiger charge is -2.27. The van der Waals surface area contributed by atoms with Gasteiger partial charge in [0.2, 0.25) is 5.91 Å². The number of methoxy groups -OCH3 is 2. The van der Waals surface area contributed by atoms with Crippen LogP contribution < -0.4 is 14.8 Å². The molecule has 0 bridgehead atoms. The van der Waals surface area contributed by atoms with Gasteiger partial charge in [-0.2, -0.15) is 5.26 Å². The number of nitriles is 1. The summed E-state index contributed by atoms with van der Waals surface area (Å²) in [5, 5.41) is 12.0. The average Bonchev–Trinajstić information content (AvgIpc) is 2.52. The molecule has 22 heavy (non-hydrogen) atoms. The third kappa shape index (κ3) is 4.66. The lowest BCUT2D eigenvalue weighted by Crippen LogP contribution is -2.48. The predicted molar refractivity (Wildman–Crippen MR) is 84.9 cm³/mol.